The van der Waals surface area contributed by atoms with Gasteiger partial charge >= 0.3 is 6.03 Å². The molecule has 21 heavy (non-hydrogen) atoms. The van der Waals surface area contributed by atoms with Crippen LogP contribution in [0.15, 0.2) is 15.9 Å². The lowest BCUT2D eigenvalue weighted by molar-refractivity contribution is 0.134. The first-order chi connectivity index (χ1) is 10.2. The minimum atomic E-state index is 0.0828. The highest BCUT2D eigenvalue weighted by Crippen LogP contribution is 2.23. The van der Waals surface area contributed by atoms with Crippen LogP contribution in [0.5, 0.6) is 0 Å². The standard InChI is InChI=1S/C15H22BrN3OS/c16-14-4-3-13(21-14)11-17-15(20)19-9-5-12(6-10-19)18-7-1-2-8-18/h3-4,12H,1-2,5-11H2,(H,17,20). The number of nitrogens with zero attached hydrogens (tertiary/aromatic N) is 2. The Bertz CT molecular complexity index is 479. The monoisotopic (exact) mass is 371 g/mol. The smallest absolute Gasteiger partial charge is 0.317 e. The van der Waals surface area contributed by atoms with Crippen molar-refractivity contribution in [3.8, 4) is 0 Å². The first-order valence-electron chi connectivity index (χ1n) is 7.73. The van der Waals surface area contributed by atoms with E-state index in [0.717, 1.165) is 29.7 Å². The zero-order valence-corrected chi connectivity index (χ0v) is 14.6. The zero-order chi connectivity index (χ0) is 14.7. The molecule has 0 saturated carbocycles. The summed E-state index contributed by atoms with van der Waals surface area (Å²) in [6.07, 6.45) is 4.93. The van der Waals surface area contributed by atoms with Gasteiger partial charge < -0.3 is 15.1 Å². The summed E-state index contributed by atoms with van der Waals surface area (Å²) in [5.74, 6) is 0. The number of piperidine rings is 1. The SMILES string of the molecule is O=C(NCc1ccc(Br)s1)N1CCC(N2CCCC2)CC1. The number of carbonyl (C=O) groups is 1. The van der Waals surface area contributed by atoms with Crippen molar-refractivity contribution in [2.24, 2.45) is 0 Å². The quantitative estimate of drug-likeness (QED) is 0.884. The van der Waals surface area contributed by atoms with Crippen molar-refractivity contribution < 1.29 is 4.79 Å². The van der Waals surface area contributed by atoms with Gasteiger partial charge in [-0.1, -0.05) is 0 Å². The molecular weight excluding hydrogens is 350 g/mol. The summed E-state index contributed by atoms with van der Waals surface area (Å²) >= 11 is 5.12. The first-order valence-corrected chi connectivity index (χ1v) is 9.34. The van der Waals surface area contributed by atoms with Crippen LogP contribution in [-0.4, -0.2) is 48.1 Å². The fourth-order valence-corrected chi connectivity index (χ4v) is 4.69. The fourth-order valence-electron chi connectivity index (χ4n) is 3.26. The third-order valence-corrected chi connectivity index (χ3v) is 6.08. The van der Waals surface area contributed by atoms with E-state index in [0.29, 0.717) is 12.6 Å². The van der Waals surface area contributed by atoms with E-state index in [9.17, 15) is 4.79 Å². The molecule has 3 heterocycles. The van der Waals surface area contributed by atoms with Crippen LogP contribution < -0.4 is 5.32 Å². The van der Waals surface area contributed by atoms with E-state index in [1.807, 2.05) is 11.0 Å². The van der Waals surface area contributed by atoms with Crippen LogP contribution in [-0.2, 0) is 6.54 Å². The normalized spacial score (nSPS) is 20.9. The van der Waals surface area contributed by atoms with E-state index in [1.54, 1.807) is 11.3 Å². The fraction of sp³-hybridized carbons (Fsp3) is 0.667. The van der Waals surface area contributed by atoms with Gasteiger partial charge in [0.1, 0.15) is 0 Å². The summed E-state index contributed by atoms with van der Waals surface area (Å²) in [6.45, 7) is 4.91. The molecule has 1 N–H and O–H groups in total. The molecule has 1 aromatic rings. The van der Waals surface area contributed by atoms with Crippen LogP contribution in [0.3, 0.4) is 0 Å². The lowest BCUT2D eigenvalue weighted by Crippen LogP contribution is -2.48. The van der Waals surface area contributed by atoms with Crippen LogP contribution in [0.25, 0.3) is 0 Å². The molecule has 0 unspecified atom stereocenters. The lowest BCUT2D eigenvalue weighted by atomic mass is 10.0. The van der Waals surface area contributed by atoms with Crippen LogP contribution in [0, 0.1) is 0 Å². The van der Waals surface area contributed by atoms with Crippen LogP contribution in [0.2, 0.25) is 0 Å². The minimum absolute atomic E-state index is 0.0828. The maximum absolute atomic E-state index is 12.2. The van der Waals surface area contributed by atoms with E-state index in [1.165, 1.54) is 30.8 Å². The molecule has 0 radical (unpaired) electrons. The molecule has 0 atom stereocenters. The van der Waals surface area contributed by atoms with Gasteiger partial charge in [-0.25, -0.2) is 4.79 Å². The summed E-state index contributed by atoms with van der Waals surface area (Å²) in [4.78, 5) is 18.0. The summed E-state index contributed by atoms with van der Waals surface area (Å²) in [7, 11) is 0. The Balaban J connectivity index is 1.42. The summed E-state index contributed by atoms with van der Waals surface area (Å²) in [6, 6.07) is 4.85. The molecule has 116 valence electrons. The average molecular weight is 372 g/mol. The molecule has 4 nitrogen and oxygen atoms in total. The predicted molar refractivity (Wildman–Crippen MR) is 89.7 cm³/mol. The highest BCUT2D eigenvalue weighted by atomic mass is 79.9. The van der Waals surface area contributed by atoms with E-state index in [4.69, 9.17) is 0 Å². The van der Waals surface area contributed by atoms with Crippen molar-refractivity contribution in [3.63, 3.8) is 0 Å². The molecule has 0 aliphatic carbocycles. The number of rotatable bonds is 3. The van der Waals surface area contributed by atoms with Gasteiger partial charge in [-0.3, -0.25) is 0 Å². The third-order valence-electron chi connectivity index (χ3n) is 4.45. The van der Waals surface area contributed by atoms with Gasteiger partial charge in [0.05, 0.1) is 10.3 Å². The molecular formula is C15H22BrN3OS. The molecule has 1 aromatic heterocycles. The second-order valence-corrected chi connectivity index (χ2v) is 8.37. The molecule has 2 fully saturated rings. The van der Waals surface area contributed by atoms with Crippen LogP contribution in [0.4, 0.5) is 4.79 Å². The van der Waals surface area contributed by atoms with Crippen molar-refractivity contribution in [1.29, 1.82) is 0 Å². The van der Waals surface area contributed by atoms with Crippen LogP contribution in [0.1, 0.15) is 30.6 Å². The first kappa shape index (κ1) is 15.3. The van der Waals surface area contributed by atoms with Gasteiger partial charge in [-0.05, 0) is 66.8 Å². The van der Waals surface area contributed by atoms with Crippen molar-refractivity contribution in [3.05, 3.63) is 20.8 Å². The number of carbonyl (C=O) groups excluding carboxylic acids is 1. The summed E-state index contributed by atoms with van der Waals surface area (Å²) < 4.78 is 1.11. The van der Waals surface area contributed by atoms with Crippen LogP contribution >= 0.6 is 27.3 Å². The van der Waals surface area contributed by atoms with Gasteiger partial charge in [-0.15, -0.1) is 11.3 Å². The number of likely N-dealkylation sites (tertiary alicyclic amines) is 2. The number of amides is 2. The maximum Gasteiger partial charge on any atom is 0.317 e. The number of halogens is 1. The molecule has 6 heteroatoms. The second kappa shape index (κ2) is 7.11. The zero-order valence-electron chi connectivity index (χ0n) is 12.2. The van der Waals surface area contributed by atoms with Gasteiger partial charge in [0, 0.05) is 24.0 Å². The van der Waals surface area contributed by atoms with Crippen molar-refractivity contribution in [2.45, 2.75) is 38.3 Å². The summed E-state index contributed by atoms with van der Waals surface area (Å²) in [5, 5.41) is 3.03. The highest BCUT2D eigenvalue weighted by molar-refractivity contribution is 9.11. The number of hydrogen-bond donors (Lipinski definition) is 1. The molecule has 0 spiro atoms. The molecule has 0 bridgehead atoms. The Morgan fingerprint density at radius 3 is 2.57 bits per heavy atom. The molecule has 0 aromatic carbocycles. The highest BCUT2D eigenvalue weighted by Gasteiger charge is 2.28. The number of nitrogens with one attached hydrogen (secondary N) is 1. The van der Waals surface area contributed by atoms with Crippen molar-refractivity contribution in [1.82, 2.24) is 15.1 Å². The van der Waals surface area contributed by atoms with Gasteiger partial charge in [0.15, 0.2) is 0 Å². The van der Waals surface area contributed by atoms with Crippen molar-refractivity contribution >= 4 is 33.3 Å². The maximum atomic E-state index is 12.2. The van der Waals surface area contributed by atoms with Gasteiger partial charge in [0.25, 0.3) is 0 Å². The Hall–Kier alpha value is -0.590. The Kier molecular flexibility index (Phi) is 5.19. The molecule has 2 aliphatic heterocycles. The number of urea groups is 1. The minimum Gasteiger partial charge on any atom is -0.333 e. The van der Waals surface area contributed by atoms with E-state index in [-0.39, 0.29) is 6.03 Å². The third kappa shape index (κ3) is 3.99. The molecule has 3 rings (SSSR count). The Morgan fingerprint density at radius 1 is 1.24 bits per heavy atom. The number of thiophene rings is 1. The largest absolute Gasteiger partial charge is 0.333 e. The molecule has 2 saturated heterocycles. The Morgan fingerprint density at radius 2 is 1.95 bits per heavy atom. The lowest BCUT2D eigenvalue weighted by Gasteiger charge is -2.36. The van der Waals surface area contributed by atoms with Gasteiger partial charge in [0.2, 0.25) is 0 Å². The average Bonchev–Trinajstić information content (AvgIpc) is 3.16. The van der Waals surface area contributed by atoms with Gasteiger partial charge in [-0.2, -0.15) is 0 Å². The van der Waals surface area contributed by atoms with E-state index >= 15 is 0 Å². The summed E-state index contributed by atoms with van der Waals surface area (Å²) in [5.41, 5.74) is 0. The predicted octanol–water partition coefficient (Wildman–Crippen LogP) is 3.28. The topological polar surface area (TPSA) is 35.6 Å². The Labute approximate surface area is 138 Å². The van der Waals surface area contributed by atoms with E-state index in [2.05, 4.69) is 32.2 Å². The number of hydrogen-bond acceptors (Lipinski definition) is 3. The molecule has 2 amide bonds. The van der Waals surface area contributed by atoms with Crippen molar-refractivity contribution in [2.75, 3.05) is 26.2 Å². The second-order valence-electron chi connectivity index (χ2n) is 5.83. The van der Waals surface area contributed by atoms with E-state index < -0.39 is 0 Å². The molecule has 2 aliphatic rings.